The molecule has 5 nitrogen and oxygen atoms in total. The average Bonchev–Trinajstić information content (AvgIpc) is 2.77. The van der Waals surface area contributed by atoms with Crippen molar-refractivity contribution in [1.82, 2.24) is 5.32 Å². The molecule has 0 unspecified atom stereocenters. The number of hydrogen-bond donors (Lipinski definition) is 2. The van der Waals surface area contributed by atoms with Gasteiger partial charge in [-0.3, -0.25) is 4.79 Å². The highest BCUT2D eigenvalue weighted by atomic mass is 79.9. The Kier molecular flexibility index (Phi) is 8.71. The number of aliphatic carboxylic acids is 1. The number of para-hydroxylation sites is 1. The van der Waals surface area contributed by atoms with Crippen molar-refractivity contribution in [3.63, 3.8) is 0 Å². The van der Waals surface area contributed by atoms with Gasteiger partial charge in [0.2, 0.25) is 5.91 Å². The molecule has 1 aliphatic rings. The fourth-order valence-corrected chi connectivity index (χ4v) is 4.21. The minimum absolute atomic E-state index is 0.123. The van der Waals surface area contributed by atoms with E-state index in [9.17, 15) is 14.7 Å². The van der Waals surface area contributed by atoms with Crippen LogP contribution in [0.3, 0.4) is 0 Å². The highest BCUT2D eigenvalue weighted by molar-refractivity contribution is 9.10. The van der Waals surface area contributed by atoms with Gasteiger partial charge in [0, 0.05) is 6.42 Å². The van der Waals surface area contributed by atoms with Crippen LogP contribution in [0.4, 0.5) is 0 Å². The van der Waals surface area contributed by atoms with Gasteiger partial charge in [-0.1, -0.05) is 56.4 Å². The largest absolute Gasteiger partial charge is 0.477 e. The lowest BCUT2D eigenvalue weighted by Gasteiger charge is -2.21. The van der Waals surface area contributed by atoms with E-state index in [1.54, 1.807) is 24.3 Å². The van der Waals surface area contributed by atoms with Crippen molar-refractivity contribution in [2.45, 2.75) is 51.4 Å². The number of benzene rings is 2. The van der Waals surface area contributed by atoms with Crippen molar-refractivity contribution < 1.29 is 19.4 Å². The Bertz CT molecular complexity index is 917. The van der Waals surface area contributed by atoms with Crippen LogP contribution in [0.25, 0.3) is 6.08 Å². The van der Waals surface area contributed by atoms with E-state index in [1.165, 1.54) is 38.2 Å². The van der Waals surface area contributed by atoms with Crippen LogP contribution in [0.1, 0.15) is 56.9 Å². The zero-order chi connectivity index (χ0) is 22.1. The molecule has 1 saturated carbocycles. The van der Waals surface area contributed by atoms with E-state index in [0.717, 1.165) is 17.3 Å². The van der Waals surface area contributed by atoms with E-state index < -0.39 is 5.97 Å². The topological polar surface area (TPSA) is 75.6 Å². The zero-order valence-electron chi connectivity index (χ0n) is 17.5. The maximum absolute atomic E-state index is 12.2. The number of carbonyl (C=O) groups excluding carboxylic acids is 1. The fourth-order valence-electron chi connectivity index (χ4n) is 3.84. The average molecular weight is 486 g/mol. The van der Waals surface area contributed by atoms with E-state index in [2.05, 4.69) is 21.2 Å². The number of amides is 1. The Labute approximate surface area is 191 Å². The molecule has 3 rings (SSSR count). The molecule has 2 aromatic rings. The summed E-state index contributed by atoms with van der Waals surface area (Å²) in [6.45, 7) is 0. The van der Waals surface area contributed by atoms with Crippen LogP contribution in [-0.4, -0.2) is 17.0 Å². The predicted octanol–water partition coefficient (Wildman–Crippen LogP) is 6.53. The summed E-state index contributed by atoms with van der Waals surface area (Å²) in [5.41, 5.74) is 0.543. The van der Waals surface area contributed by atoms with Gasteiger partial charge in [0.05, 0.1) is 4.47 Å². The van der Waals surface area contributed by atoms with Crippen molar-refractivity contribution in [3.05, 3.63) is 64.3 Å². The molecule has 0 bridgehead atoms. The van der Waals surface area contributed by atoms with Gasteiger partial charge >= 0.3 is 5.97 Å². The summed E-state index contributed by atoms with van der Waals surface area (Å²) in [4.78, 5) is 23.8. The van der Waals surface area contributed by atoms with Crippen LogP contribution in [0.15, 0.2) is 58.7 Å². The second-order valence-corrected chi connectivity index (χ2v) is 8.76. The third kappa shape index (κ3) is 7.55. The molecule has 164 valence electrons. The van der Waals surface area contributed by atoms with Gasteiger partial charge in [0.15, 0.2) is 0 Å². The summed E-state index contributed by atoms with van der Waals surface area (Å²) in [6, 6.07) is 14.6. The Morgan fingerprint density at radius 3 is 2.45 bits per heavy atom. The second kappa shape index (κ2) is 11.7. The number of ether oxygens (including phenoxy) is 1. The molecule has 6 heteroatoms. The van der Waals surface area contributed by atoms with Crippen LogP contribution in [-0.2, 0) is 9.59 Å². The monoisotopic (exact) mass is 485 g/mol. The molecular formula is C25H28BrNO4. The first kappa shape index (κ1) is 23.1. The van der Waals surface area contributed by atoms with Crippen molar-refractivity contribution >= 4 is 33.9 Å². The third-order valence-electron chi connectivity index (χ3n) is 5.50. The van der Waals surface area contributed by atoms with E-state index in [0.29, 0.717) is 29.4 Å². The molecule has 0 spiro atoms. The van der Waals surface area contributed by atoms with Crippen LogP contribution >= 0.6 is 15.9 Å². The molecule has 2 N–H and O–H groups in total. The highest BCUT2D eigenvalue weighted by Crippen LogP contribution is 2.29. The summed E-state index contributed by atoms with van der Waals surface area (Å²) in [5.74, 6) is 0.631. The van der Waals surface area contributed by atoms with Gasteiger partial charge in [0.25, 0.3) is 0 Å². The summed E-state index contributed by atoms with van der Waals surface area (Å²) >= 11 is 3.44. The molecule has 0 radical (unpaired) electrons. The Hall–Kier alpha value is -2.60. The molecule has 1 amide bonds. The van der Waals surface area contributed by atoms with Gasteiger partial charge in [-0.15, -0.1) is 0 Å². The first-order chi connectivity index (χ1) is 15.0. The number of carbonyl (C=O) groups is 2. The van der Waals surface area contributed by atoms with Gasteiger partial charge in [-0.25, -0.2) is 4.79 Å². The number of rotatable bonds is 9. The molecule has 1 fully saturated rings. The van der Waals surface area contributed by atoms with E-state index in [1.807, 2.05) is 24.3 Å². The standard InChI is InChI=1S/C25H28BrNO4/c26-21-10-4-5-11-23(21)31-20-15-13-19(14-16-20)17-22(25(29)30)27-24(28)12-6-9-18-7-2-1-3-8-18/h4-5,10-11,13-18H,1-3,6-9,12H2,(H,27,28)(H,29,30)/b22-17-. The van der Waals surface area contributed by atoms with Crippen molar-refractivity contribution in [3.8, 4) is 11.5 Å². The first-order valence-electron chi connectivity index (χ1n) is 10.8. The Morgan fingerprint density at radius 1 is 1.06 bits per heavy atom. The SMILES string of the molecule is O=C(CCCC1CCCCC1)N/C(=C\c1ccc(Oc2ccccc2Br)cc1)C(=O)O. The Balaban J connectivity index is 1.55. The predicted molar refractivity (Wildman–Crippen MR) is 125 cm³/mol. The van der Waals surface area contributed by atoms with Crippen LogP contribution in [0, 0.1) is 5.92 Å². The lowest BCUT2D eigenvalue weighted by molar-refractivity contribution is -0.134. The number of carboxylic acid groups (broad SMARTS) is 1. The minimum Gasteiger partial charge on any atom is -0.477 e. The molecule has 2 aromatic carbocycles. The van der Waals surface area contributed by atoms with Gasteiger partial charge in [-0.2, -0.15) is 0 Å². The molecule has 0 heterocycles. The number of halogens is 1. The molecule has 31 heavy (non-hydrogen) atoms. The van der Waals surface area contributed by atoms with E-state index in [4.69, 9.17) is 4.74 Å². The van der Waals surface area contributed by atoms with Gasteiger partial charge in [0.1, 0.15) is 17.2 Å². The lowest BCUT2D eigenvalue weighted by atomic mass is 9.86. The van der Waals surface area contributed by atoms with E-state index >= 15 is 0 Å². The number of hydrogen-bond acceptors (Lipinski definition) is 3. The molecule has 0 atom stereocenters. The van der Waals surface area contributed by atoms with E-state index in [-0.39, 0.29) is 11.6 Å². The lowest BCUT2D eigenvalue weighted by Crippen LogP contribution is -2.27. The maximum Gasteiger partial charge on any atom is 0.352 e. The fraction of sp³-hybridized carbons (Fsp3) is 0.360. The molecule has 0 aliphatic heterocycles. The Morgan fingerprint density at radius 2 is 1.77 bits per heavy atom. The highest BCUT2D eigenvalue weighted by Gasteiger charge is 2.15. The van der Waals surface area contributed by atoms with Crippen molar-refractivity contribution in [2.75, 3.05) is 0 Å². The quantitative estimate of drug-likeness (QED) is 0.395. The number of nitrogens with one attached hydrogen (secondary N) is 1. The molecule has 0 aromatic heterocycles. The summed E-state index contributed by atoms with van der Waals surface area (Å²) < 4.78 is 6.67. The van der Waals surface area contributed by atoms with Crippen LogP contribution in [0.2, 0.25) is 0 Å². The summed E-state index contributed by atoms with van der Waals surface area (Å²) in [6.07, 6.45) is 10.0. The van der Waals surface area contributed by atoms with Crippen molar-refractivity contribution in [1.29, 1.82) is 0 Å². The third-order valence-corrected chi connectivity index (χ3v) is 6.16. The first-order valence-corrected chi connectivity index (χ1v) is 11.6. The molecule has 0 saturated heterocycles. The maximum atomic E-state index is 12.2. The van der Waals surface area contributed by atoms with Crippen LogP contribution in [0.5, 0.6) is 11.5 Å². The van der Waals surface area contributed by atoms with Crippen LogP contribution < -0.4 is 10.1 Å². The minimum atomic E-state index is -1.16. The zero-order valence-corrected chi connectivity index (χ0v) is 19.1. The summed E-state index contributed by atoms with van der Waals surface area (Å²) in [7, 11) is 0. The molecule has 1 aliphatic carbocycles. The molecular weight excluding hydrogens is 458 g/mol. The van der Waals surface area contributed by atoms with Gasteiger partial charge in [-0.05, 0) is 70.6 Å². The second-order valence-electron chi connectivity index (χ2n) is 7.91. The normalized spacial score (nSPS) is 14.8. The number of carboxylic acids is 1. The summed E-state index contributed by atoms with van der Waals surface area (Å²) in [5, 5.41) is 12.0. The smallest absolute Gasteiger partial charge is 0.352 e. The van der Waals surface area contributed by atoms with Gasteiger partial charge < -0.3 is 15.2 Å². The van der Waals surface area contributed by atoms with Crippen molar-refractivity contribution in [2.24, 2.45) is 5.92 Å².